The van der Waals surface area contributed by atoms with Crippen LogP contribution in [0.3, 0.4) is 0 Å². The molecule has 6 nitrogen and oxygen atoms in total. The monoisotopic (exact) mass is 454 g/mol. The number of rotatable bonds is 10. The van der Waals surface area contributed by atoms with Crippen molar-refractivity contribution >= 4 is 29.1 Å². The van der Waals surface area contributed by atoms with Crippen LogP contribution in [0.2, 0.25) is 5.02 Å². The minimum Gasteiger partial charge on any atom is -0.467 e. The molecule has 0 aliphatic heterocycles. The molecular formula is C25H27ClN2O4. The number of hydrogen-bond acceptors (Lipinski definition) is 4. The van der Waals surface area contributed by atoms with Gasteiger partial charge in [-0.1, -0.05) is 37.6 Å². The van der Waals surface area contributed by atoms with Gasteiger partial charge in [-0.05, 0) is 66.4 Å². The van der Waals surface area contributed by atoms with Gasteiger partial charge in [0.15, 0.2) is 0 Å². The van der Waals surface area contributed by atoms with E-state index in [0.717, 1.165) is 11.3 Å². The summed E-state index contributed by atoms with van der Waals surface area (Å²) in [6.45, 7) is 4.77. The Morgan fingerprint density at radius 3 is 2.50 bits per heavy atom. The number of benzene rings is 2. The molecule has 2 amide bonds. The fourth-order valence-corrected chi connectivity index (χ4v) is 3.30. The highest BCUT2D eigenvalue weighted by molar-refractivity contribution is 6.30. The molecule has 1 atom stereocenters. The summed E-state index contributed by atoms with van der Waals surface area (Å²) in [6.07, 6.45) is 2.12. The minimum absolute atomic E-state index is 0.220. The maximum atomic E-state index is 13.0. The maximum Gasteiger partial charge on any atom is 0.251 e. The quantitative estimate of drug-likeness (QED) is 0.428. The van der Waals surface area contributed by atoms with Crippen molar-refractivity contribution in [3.63, 3.8) is 0 Å². The van der Waals surface area contributed by atoms with Crippen LogP contribution in [-0.4, -0.2) is 17.9 Å². The molecule has 1 unspecified atom stereocenters. The molecule has 2 N–H and O–H groups in total. The van der Waals surface area contributed by atoms with Crippen LogP contribution < -0.4 is 10.6 Å². The van der Waals surface area contributed by atoms with E-state index in [1.807, 2.05) is 44.2 Å². The molecule has 0 bridgehead atoms. The van der Waals surface area contributed by atoms with Crippen molar-refractivity contribution in [3.8, 4) is 0 Å². The van der Waals surface area contributed by atoms with Gasteiger partial charge in [0.1, 0.15) is 18.4 Å². The first-order chi connectivity index (χ1) is 15.4. The number of ether oxygens (including phenoxy) is 1. The average molecular weight is 455 g/mol. The molecule has 2 aromatic carbocycles. The highest BCUT2D eigenvalue weighted by atomic mass is 35.5. The summed E-state index contributed by atoms with van der Waals surface area (Å²) in [6, 6.07) is 17.0. The molecule has 0 radical (unpaired) electrons. The fraction of sp³-hybridized carbons (Fsp3) is 0.280. The van der Waals surface area contributed by atoms with Gasteiger partial charge in [-0.25, -0.2) is 0 Å². The molecular weight excluding hydrogens is 428 g/mol. The molecule has 0 fully saturated rings. The van der Waals surface area contributed by atoms with Crippen LogP contribution in [0.25, 0.3) is 0 Å². The summed E-state index contributed by atoms with van der Waals surface area (Å²) in [7, 11) is 0. The van der Waals surface area contributed by atoms with Crippen LogP contribution in [0.5, 0.6) is 0 Å². The van der Waals surface area contributed by atoms with E-state index in [1.165, 1.54) is 0 Å². The summed E-state index contributed by atoms with van der Waals surface area (Å²) in [5.41, 5.74) is 2.01. The lowest BCUT2D eigenvalue weighted by atomic mass is 10.0. The molecule has 0 aliphatic carbocycles. The highest BCUT2D eigenvalue weighted by Gasteiger charge is 2.23. The molecule has 168 valence electrons. The summed E-state index contributed by atoms with van der Waals surface area (Å²) < 4.78 is 10.9. The van der Waals surface area contributed by atoms with E-state index >= 15 is 0 Å². The molecule has 1 heterocycles. The summed E-state index contributed by atoms with van der Waals surface area (Å²) in [4.78, 5) is 25.6. The van der Waals surface area contributed by atoms with Crippen LogP contribution in [0.1, 0.15) is 41.9 Å². The predicted molar refractivity (Wildman–Crippen MR) is 124 cm³/mol. The number of carbonyl (C=O) groups is 2. The van der Waals surface area contributed by atoms with Gasteiger partial charge >= 0.3 is 0 Å². The zero-order valence-corrected chi connectivity index (χ0v) is 18.9. The Labute approximate surface area is 192 Å². The van der Waals surface area contributed by atoms with Crippen LogP contribution >= 0.6 is 11.6 Å². The Morgan fingerprint density at radius 1 is 1.03 bits per heavy atom. The zero-order valence-electron chi connectivity index (χ0n) is 18.1. The largest absolute Gasteiger partial charge is 0.467 e. The number of hydrogen-bond donors (Lipinski definition) is 2. The van der Waals surface area contributed by atoms with Gasteiger partial charge in [-0.2, -0.15) is 0 Å². The Bertz CT molecular complexity index is 1020. The van der Waals surface area contributed by atoms with Crippen molar-refractivity contribution < 1.29 is 18.7 Å². The molecule has 3 rings (SSSR count). The van der Waals surface area contributed by atoms with E-state index in [2.05, 4.69) is 10.6 Å². The van der Waals surface area contributed by atoms with E-state index < -0.39 is 6.04 Å². The Balaban J connectivity index is 1.61. The molecule has 0 aliphatic rings. The van der Waals surface area contributed by atoms with Crippen molar-refractivity contribution in [2.24, 2.45) is 5.92 Å². The third-order valence-corrected chi connectivity index (χ3v) is 4.97. The zero-order chi connectivity index (χ0) is 22.9. The topological polar surface area (TPSA) is 80.6 Å². The molecule has 3 aromatic rings. The number of carbonyl (C=O) groups excluding carboxylic acids is 2. The van der Waals surface area contributed by atoms with Crippen molar-refractivity contribution in [1.29, 1.82) is 0 Å². The summed E-state index contributed by atoms with van der Waals surface area (Å²) in [5.74, 6) is 0.386. The Morgan fingerprint density at radius 2 is 1.81 bits per heavy atom. The first-order valence-corrected chi connectivity index (χ1v) is 10.8. The van der Waals surface area contributed by atoms with Gasteiger partial charge in [0.2, 0.25) is 5.91 Å². The van der Waals surface area contributed by atoms with Gasteiger partial charge in [0.05, 0.1) is 12.9 Å². The first kappa shape index (κ1) is 23.6. The number of halogens is 1. The van der Waals surface area contributed by atoms with E-state index in [9.17, 15) is 9.59 Å². The van der Waals surface area contributed by atoms with Gasteiger partial charge < -0.3 is 19.8 Å². The van der Waals surface area contributed by atoms with Crippen molar-refractivity contribution in [2.75, 3.05) is 5.32 Å². The number of furan rings is 1. The second-order valence-electron chi connectivity index (χ2n) is 7.92. The molecule has 0 spiro atoms. The lowest BCUT2D eigenvalue weighted by molar-refractivity contribution is -0.118. The molecule has 1 aromatic heterocycles. The molecule has 0 saturated heterocycles. The normalized spacial score (nSPS) is 11.9. The van der Waals surface area contributed by atoms with Gasteiger partial charge in [-0.15, -0.1) is 0 Å². The lowest BCUT2D eigenvalue weighted by Gasteiger charge is -2.20. The van der Waals surface area contributed by atoms with Crippen molar-refractivity contribution in [2.45, 2.75) is 39.5 Å². The summed E-state index contributed by atoms with van der Waals surface area (Å²) in [5, 5.41) is 6.30. The lowest BCUT2D eigenvalue weighted by Crippen LogP contribution is -2.44. The molecule has 32 heavy (non-hydrogen) atoms. The first-order valence-electron chi connectivity index (χ1n) is 10.5. The van der Waals surface area contributed by atoms with Crippen LogP contribution in [0, 0.1) is 5.92 Å². The van der Waals surface area contributed by atoms with Crippen molar-refractivity contribution in [1.82, 2.24) is 5.32 Å². The second-order valence-corrected chi connectivity index (χ2v) is 8.36. The standard InChI is InChI=1S/C25H27ClN2O4/c1-17(2)13-23(28-24(29)19-8-10-20(26)11-9-19)25(30)27-21-6-3-5-18(14-21)15-31-16-22-7-4-12-32-22/h3-12,14,17,23H,13,15-16H2,1-2H3,(H,27,30)(H,28,29). The Kier molecular flexibility index (Phi) is 8.48. The second kappa shape index (κ2) is 11.5. The van der Waals surface area contributed by atoms with Crippen LogP contribution in [-0.2, 0) is 22.7 Å². The van der Waals surface area contributed by atoms with Gasteiger partial charge in [0.25, 0.3) is 5.91 Å². The van der Waals surface area contributed by atoms with Crippen LogP contribution in [0.15, 0.2) is 71.3 Å². The fourth-order valence-electron chi connectivity index (χ4n) is 3.18. The number of amides is 2. The number of nitrogens with one attached hydrogen (secondary N) is 2. The predicted octanol–water partition coefficient (Wildman–Crippen LogP) is 5.43. The van der Waals surface area contributed by atoms with Crippen LogP contribution in [0.4, 0.5) is 5.69 Å². The molecule has 7 heteroatoms. The minimum atomic E-state index is -0.669. The maximum absolute atomic E-state index is 13.0. The SMILES string of the molecule is CC(C)CC(NC(=O)c1ccc(Cl)cc1)C(=O)Nc1cccc(COCc2ccco2)c1. The van der Waals surface area contributed by atoms with E-state index in [0.29, 0.717) is 35.9 Å². The molecule has 0 saturated carbocycles. The Hall–Kier alpha value is -3.09. The van der Waals surface area contributed by atoms with E-state index in [4.69, 9.17) is 20.8 Å². The van der Waals surface area contributed by atoms with E-state index in [-0.39, 0.29) is 17.7 Å². The van der Waals surface area contributed by atoms with Gasteiger partial charge in [0, 0.05) is 16.3 Å². The number of anilines is 1. The summed E-state index contributed by atoms with van der Waals surface area (Å²) >= 11 is 5.89. The average Bonchev–Trinajstić information content (AvgIpc) is 3.27. The highest BCUT2D eigenvalue weighted by Crippen LogP contribution is 2.16. The third kappa shape index (κ3) is 7.25. The van der Waals surface area contributed by atoms with E-state index in [1.54, 1.807) is 36.6 Å². The smallest absolute Gasteiger partial charge is 0.251 e. The van der Waals surface area contributed by atoms with Gasteiger partial charge in [-0.3, -0.25) is 9.59 Å². The third-order valence-electron chi connectivity index (χ3n) is 4.72. The van der Waals surface area contributed by atoms with Crippen molar-refractivity contribution in [3.05, 3.63) is 88.8 Å².